The van der Waals surface area contributed by atoms with E-state index in [-0.39, 0.29) is 41.3 Å². The van der Waals surface area contributed by atoms with Crippen molar-refractivity contribution in [2.24, 2.45) is 5.92 Å². The molecule has 1 saturated heterocycles. The van der Waals surface area contributed by atoms with E-state index in [9.17, 15) is 28.6 Å². The number of phenols is 1. The Balaban J connectivity index is 1.09. The van der Waals surface area contributed by atoms with E-state index in [1.165, 1.54) is 21.4 Å². The number of nitrogens with zero attached hydrogens (tertiary/aromatic N) is 6. The average Bonchev–Trinajstić information content (AvgIpc) is 3.77. The van der Waals surface area contributed by atoms with Crippen molar-refractivity contribution < 1.29 is 19.0 Å². The van der Waals surface area contributed by atoms with E-state index in [1.807, 2.05) is 30.5 Å². The Labute approximate surface area is 298 Å². The zero-order chi connectivity index (χ0) is 35.9. The summed E-state index contributed by atoms with van der Waals surface area (Å²) in [5.41, 5.74) is 3.62. The SMILES string of the molecule is O=c1c2cc(F)cnc2n(-c2cccc(-c3ccc(O)cc3CN3CCC[C@H]3CO)c2)c(=O)n1C1CCC(CCc2cn3cc(F)ccc3n2)CC1. The number of aromatic nitrogens is 5. The van der Waals surface area contributed by atoms with Crippen LogP contribution in [0.15, 0.2) is 88.8 Å². The molecule has 8 rings (SSSR count). The summed E-state index contributed by atoms with van der Waals surface area (Å²) in [7, 11) is 0. The van der Waals surface area contributed by atoms with Crippen LogP contribution in [0, 0.1) is 17.6 Å². The molecule has 4 aromatic heterocycles. The van der Waals surface area contributed by atoms with Gasteiger partial charge in [0, 0.05) is 31.0 Å². The summed E-state index contributed by atoms with van der Waals surface area (Å²) < 4.78 is 32.6. The molecule has 268 valence electrons. The molecule has 6 aromatic rings. The van der Waals surface area contributed by atoms with Crippen LogP contribution in [0.5, 0.6) is 5.75 Å². The maximum Gasteiger partial charge on any atom is 0.337 e. The molecule has 0 amide bonds. The van der Waals surface area contributed by atoms with Gasteiger partial charge in [-0.3, -0.25) is 14.3 Å². The second-order valence-electron chi connectivity index (χ2n) is 14.2. The van der Waals surface area contributed by atoms with E-state index in [2.05, 4.69) is 14.9 Å². The van der Waals surface area contributed by atoms with Crippen LogP contribution < -0.4 is 11.2 Å². The molecule has 1 aliphatic heterocycles. The van der Waals surface area contributed by atoms with Crippen LogP contribution in [-0.4, -0.2) is 57.8 Å². The van der Waals surface area contributed by atoms with Gasteiger partial charge in [-0.1, -0.05) is 18.2 Å². The number of aliphatic hydroxyl groups excluding tert-OH is 1. The molecular weight excluding hydrogens is 666 g/mol. The Hall–Kier alpha value is -5.20. The lowest BCUT2D eigenvalue weighted by atomic mass is 9.83. The Morgan fingerprint density at radius 1 is 0.904 bits per heavy atom. The number of aromatic hydroxyl groups is 1. The van der Waals surface area contributed by atoms with Gasteiger partial charge in [-0.2, -0.15) is 0 Å². The predicted octanol–water partition coefficient (Wildman–Crippen LogP) is 6.17. The van der Waals surface area contributed by atoms with Crippen LogP contribution in [0.25, 0.3) is 33.5 Å². The van der Waals surface area contributed by atoms with Crippen molar-refractivity contribution in [2.45, 2.75) is 70.0 Å². The van der Waals surface area contributed by atoms with E-state index in [1.54, 1.807) is 28.7 Å². The maximum atomic E-state index is 14.6. The molecule has 0 spiro atoms. The molecule has 0 radical (unpaired) electrons. The van der Waals surface area contributed by atoms with E-state index in [4.69, 9.17) is 0 Å². The Bertz CT molecular complexity index is 2400. The van der Waals surface area contributed by atoms with E-state index < -0.39 is 17.1 Å². The molecule has 5 heterocycles. The highest BCUT2D eigenvalue weighted by molar-refractivity contribution is 5.77. The number of halogens is 2. The molecule has 2 N–H and O–H groups in total. The fraction of sp³-hybridized carbons (Fsp3) is 0.350. The molecule has 1 aliphatic carbocycles. The van der Waals surface area contributed by atoms with Crippen LogP contribution >= 0.6 is 0 Å². The molecule has 1 atom stereocenters. The number of hydrogen-bond acceptors (Lipinski definition) is 7. The van der Waals surface area contributed by atoms with Crippen LogP contribution in [-0.2, 0) is 13.0 Å². The topological polar surface area (TPSA) is 118 Å². The first-order valence-corrected chi connectivity index (χ1v) is 18.0. The first-order chi connectivity index (χ1) is 25.2. The first kappa shape index (κ1) is 33.9. The smallest absolute Gasteiger partial charge is 0.337 e. The monoisotopic (exact) mass is 706 g/mol. The van der Waals surface area contributed by atoms with Crippen LogP contribution in [0.1, 0.15) is 62.2 Å². The van der Waals surface area contributed by atoms with Gasteiger partial charge in [0.25, 0.3) is 5.56 Å². The summed E-state index contributed by atoms with van der Waals surface area (Å²) in [6.07, 6.45) is 10.7. The fourth-order valence-corrected chi connectivity index (χ4v) is 8.25. The zero-order valence-electron chi connectivity index (χ0n) is 28.7. The van der Waals surface area contributed by atoms with Crippen LogP contribution in [0.4, 0.5) is 8.78 Å². The number of aryl methyl sites for hydroxylation is 1. The zero-order valence-corrected chi connectivity index (χ0v) is 28.7. The van der Waals surface area contributed by atoms with Gasteiger partial charge in [0.15, 0.2) is 5.65 Å². The third-order valence-electron chi connectivity index (χ3n) is 10.9. The van der Waals surface area contributed by atoms with Crippen molar-refractivity contribution >= 4 is 16.7 Å². The van der Waals surface area contributed by atoms with Gasteiger partial charge in [-0.25, -0.2) is 28.1 Å². The maximum absolute atomic E-state index is 14.6. The summed E-state index contributed by atoms with van der Waals surface area (Å²) >= 11 is 0. The van der Waals surface area contributed by atoms with Gasteiger partial charge in [0.1, 0.15) is 23.0 Å². The standard InChI is InChI=1S/C40H40F2N6O4/c41-28-9-15-37-44-30(23-46(37)22-28)10-6-25-7-11-31(12-8-25)48-39(51)36-19-29(42)20-43-38(36)47(40(48)52)32-4-1-3-26(17-32)35-14-13-34(50)18-27(35)21-45-16-2-5-33(45)24-49/h1,3-4,9,13-15,17-20,22-23,25,31,33,49-50H,2,5-8,10-12,16,21,24H2/t25?,31?,33-/m0/s1. The quantitative estimate of drug-likeness (QED) is 0.185. The second-order valence-corrected chi connectivity index (χ2v) is 14.2. The van der Waals surface area contributed by atoms with E-state index in [0.717, 1.165) is 79.7 Å². The molecule has 10 nitrogen and oxygen atoms in total. The minimum Gasteiger partial charge on any atom is -0.508 e. The molecule has 0 unspecified atom stereocenters. The number of rotatable bonds is 9. The number of pyridine rings is 2. The molecule has 12 heteroatoms. The van der Waals surface area contributed by atoms with Crippen LogP contribution in [0.3, 0.4) is 0 Å². The third-order valence-corrected chi connectivity index (χ3v) is 10.9. The number of hydrogen-bond donors (Lipinski definition) is 2. The number of fused-ring (bicyclic) bond motifs is 2. The third kappa shape index (κ3) is 6.52. The van der Waals surface area contributed by atoms with Crippen molar-refractivity contribution in [3.63, 3.8) is 0 Å². The predicted molar refractivity (Wildman–Crippen MR) is 194 cm³/mol. The lowest BCUT2D eigenvalue weighted by Gasteiger charge is -2.30. The van der Waals surface area contributed by atoms with Gasteiger partial charge in [0.05, 0.1) is 29.6 Å². The normalized spacial score (nSPS) is 19.6. The molecule has 52 heavy (non-hydrogen) atoms. The van der Waals surface area contributed by atoms with Crippen molar-refractivity contribution in [3.05, 3.63) is 123 Å². The number of imidazole rings is 1. The highest BCUT2D eigenvalue weighted by Gasteiger charge is 2.28. The van der Waals surface area contributed by atoms with Crippen molar-refractivity contribution in [3.8, 4) is 22.6 Å². The summed E-state index contributed by atoms with van der Waals surface area (Å²) in [6, 6.07) is 16.5. The first-order valence-electron chi connectivity index (χ1n) is 18.0. The molecular formula is C40H40F2N6O4. The van der Waals surface area contributed by atoms with Gasteiger partial charge in [-0.15, -0.1) is 0 Å². The highest BCUT2D eigenvalue weighted by Crippen LogP contribution is 2.35. The minimum atomic E-state index is -0.662. The molecule has 1 saturated carbocycles. The number of aliphatic hydroxyl groups is 1. The number of benzene rings is 2. The summed E-state index contributed by atoms with van der Waals surface area (Å²) in [4.78, 5) is 39.4. The lowest BCUT2D eigenvalue weighted by molar-refractivity contribution is 0.153. The van der Waals surface area contributed by atoms with Crippen molar-refractivity contribution in [2.75, 3.05) is 13.2 Å². The molecule has 2 fully saturated rings. The van der Waals surface area contributed by atoms with Crippen LogP contribution in [0.2, 0.25) is 0 Å². The largest absolute Gasteiger partial charge is 0.508 e. The Morgan fingerprint density at radius 2 is 1.75 bits per heavy atom. The molecule has 0 bridgehead atoms. The van der Waals surface area contributed by atoms with E-state index >= 15 is 0 Å². The number of likely N-dealkylation sites (tertiary alicyclic amines) is 1. The molecule has 2 aliphatic rings. The van der Waals surface area contributed by atoms with Crippen molar-refractivity contribution in [1.29, 1.82) is 0 Å². The Morgan fingerprint density at radius 3 is 2.58 bits per heavy atom. The van der Waals surface area contributed by atoms with Gasteiger partial charge in [-0.05, 0) is 123 Å². The summed E-state index contributed by atoms with van der Waals surface area (Å²) in [6.45, 7) is 1.45. The van der Waals surface area contributed by atoms with Gasteiger partial charge >= 0.3 is 5.69 Å². The van der Waals surface area contributed by atoms with E-state index in [0.29, 0.717) is 36.6 Å². The fourth-order valence-electron chi connectivity index (χ4n) is 8.25. The second kappa shape index (κ2) is 14.1. The Kier molecular flexibility index (Phi) is 9.18. The minimum absolute atomic E-state index is 0.0322. The van der Waals surface area contributed by atoms with Crippen molar-refractivity contribution in [1.82, 2.24) is 28.4 Å². The average molecular weight is 707 g/mol. The molecule has 2 aromatic carbocycles. The lowest BCUT2D eigenvalue weighted by Crippen LogP contribution is -2.43. The van der Waals surface area contributed by atoms with Gasteiger partial charge in [0.2, 0.25) is 0 Å². The summed E-state index contributed by atoms with van der Waals surface area (Å²) in [5.74, 6) is -0.470. The van der Waals surface area contributed by atoms with Gasteiger partial charge < -0.3 is 14.6 Å². The summed E-state index contributed by atoms with van der Waals surface area (Å²) in [5, 5.41) is 20.3. The number of phenolic OH excluding ortho intramolecular Hbond substituents is 1. The highest BCUT2D eigenvalue weighted by atomic mass is 19.1.